The average molecular weight is 470 g/mol. The van der Waals surface area contributed by atoms with Crippen LogP contribution in [-0.4, -0.2) is 57.2 Å². The SMILES string of the molecule is C[C@@H]1CCCN(c2cnc(-c3ccc4[nH]cc(-c5cncc(OC6CCCNC6)n5)c4c3)cn2)C1. The summed E-state index contributed by atoms with van der Waals surface area (Å²) in [5.74, 6) is 2.23. The standard InChI is InChI=1S/C27H31N7O/c1-18-4-3-9-34(17-18)26-15-31-24(14-32-26)19-6-7-23-21(10-19)22(12-30-23)25-13-29-16-27(33-25)35-20-5-2-8-28-11-20/h6-7,10,12-16,18,20,28,30H,2-5,8-9,11,17H2,1H3/t18-,20?/m1/s1. The van der Waals surface area contributed by atoms with E-state index in [0.29, 0.717) is 11.8 Å². The van der Waals surface area contributed by atoms with Crippen LogP contribution in [0.25, 0.3) is 33.4 Å². The Labute approximate surface area is 205 Å². The molecule has 0 radical (unpaired) electrons. The Hall–Kier alpha value is -3.52. The number of aromatic nitrogens is 5. The molecule has 2 saturated heterocycles. The average Bonchev–Trinajstić information content (AvgIpc) is 3.33. The number of hydrogen-bond acceptors (Lipinski definition) is 7. The van der Waals surface area contributed by atoms with Gasteiger partial charge in [0.25, 0.3) is 0 Å². The Morgan fingerprint density at radius 1 is 1.03 bits per heavy atom. The number of benzene rings is 1. The van der Waals surface area contributed by atoms with Gasteiger partial charge in [-0.2, -0.15) is 0 Å². The fraction of sp³-hybridized carbons (Fsp3) is 0.407. The highest BCUT2D eigenvalue weighted by Crippen LogP contribution is 2.32. The van der Waals surface area contributed by atoms with Crippen molar-refractivity contribution in [2.75, 3.05) is 31.1 Å². The third-order valence-corrected chi connectivity index (χ3v) is 7.02. The largest absolute Gasteiger partial charge is 0.472 e. The molecule has 8 heteroatoms. The van der Waals surface area contributed by atoms with Gasteiger partial charge in [0.05, 0.1) is 36.2 Å². The number of ether oxygens (including phenoxy) is 1. The van der Waals surface area contributed by atoms with Crippen LogP contribution in [0, 0.1) is 5.92 Å². The van der Waals surface area contributed by atoms with Crippen LogP contribution in [0.2, 0.25) is 0 Å². The maximum Gasteiger partial charge on any atom is 0.233 e. The van der Waals surface area contributed by atoms with E-state index in [4.69, 9.17) is 19.7 Å². The highest BCUT2D eigenvalue weighted by molar-refractivity contribution is 5.96. The van der Waals surface area contributed by atoms with Crippen LogP contribution in [0.3, 0.4) is 0 Å². The van der Waals surface area contributed by atoms with Crippen molar-refractivity contribution in [2.24, 2.45) is 5.92 Å². The highest BCUT2D eigenvalue weighted by Gasteiger charge is 2.19. The van der Waals surface area contributed by atoms with Crippen molar-refractivity contribution < 1.29 is 4.74 Å². The second kappa shape index (κ2) is 9.62. The number of anilines is 1. The number of H-pyrrole nitrogens is 1. The van der Waals surface area contributed by atoms with E-state index in [0.717, 1.165) is 78.3 Å². The third kappa shape index (κ3) is 4.71. The van der Waals surface area contributed by atoms with Crippen molar-refractivity contribution in [1.29, 1.82) is 0 Å². The van der Waals surface area contributed by atoms with Gasteiger partial charge in [-0.15, -0.1) is 0 Å². The maximum atomic E-state index is 6.10. The Bertz CT molecular complexity index is 1300. The van der Waals surface area contributed by atoms with Gasteiger partial charge in [0.1, 0.15) is 11.9 Å². The Morgan fingerprint density at radius 2 is 2.00 bits per heavy atom. The molecule has 8 nitrogen and oxygen atoms in total. The van der Waals surface area contributed by atoms with E-state index in [-0.39, 0.29) is 6.10 Å². The van der Waals surface area contributed by atoms with Gasteiger partial charge in [-0.25, -0.2) is 9.97 Å². The van der Waals surface area contributed by atoms with Crippen LogP contribution in [0.4, 0.5) is 5.82 Å². The quantitative estimate of drug-likeness (QED) is 0.446. The molecule has 1 aromatic carbocycles. The van der Waals surface area contributed by atoms with Crippen LogP contribution >= 0.6 is 0 Å². The fourth-order valence-corrected chi connectivity index (χ4v) is 5.15. The molecule has 0 aliphatic carbocycles. The lowest BCUT2D eigenvalue weighted by Gasteiger charge is -2.31. The molecule has 2 fully saturated rings. The number of fused-ring (bicyclic) bond motifs is 1. The minimum Gasteiger partial charge on any atom is -0.472 e. The molecule has 1 unspecified atom stereocenters. The Morgan fingerprint density at radius 3 is 2.83 bits per heavy atom. The molecule has 6 rings (SSSR count). The molecule has 2 N–H and O–H groups in total. The summed E-state index contributed by atoms with van der Waals surface area (Å²) in [6.45, 7) is 6.30. The molecule has 35 heavy (non-hydrogen) atoms. The third-order valence-electron chi connectivity index (χ3n) is 7.02. The van der Waals surface area contributed by atoms with Crippen LogP contribution in [0.5, 0.6) is 5.88 Å². The van der Waals surface area contributed by atoms with Gasteiger partial charge in [0, 0.05) is 47.9 Å². The molecular formula is C27H31N7O. The molecule has 5 heterocycles. The van der Waals surface area contributed by atoms with Crippen molar-refractivity contribution in [3.63, 3.8) is 0 Å². The monoisotopic (exact) mass is 469 g/mol. The van der Waals surface area contributed by atoms with Crippen molar-refractivity contribution >= 4 is 16.7 Å². The normalized spacial score (nSPS) is 20.8. The topological polar surface area (TPSA) is 91.9 Å². The lowest BCUT2D eigenvalue weighted by atomic mass is 10.0. The molecule has 2 atom stereocenters. The van der Waals surface area contributed by atoms with E-state index < -0.39 is 0 Å². The first-order chi connectivity index (χ1) is 17.2. The minimum atomic E-state index is 0.137. The van der Waals surface area contributed by atoms with E-state index in [1.165, 1.54) is 12.8 Å². The molecule has 2 aliphatic heterocycles. The van der Waals surface area contributed by atoms with Crippen LogP contribution in [0.15, 0.2) is 49.2 Å². The summed E-state index contributed by atoms with van der Waals surface area (Å²) in [6, 6.07) is 6.31. The number of rotatable bonds is 5. The first kappa shape index (κ1) is 22.0. The van der Waals surface area contributed by atoms with Crippen molar-refractivity contribution in [1.82, 2.24) is 30.2 Å². The molecule has 2 aliphatic rings. The number of nitrogens with zero attached hydrogens (tertiary/aromatic N) is 5. The van der Waals surface area contributed by atoms with Gasteiger partial charge in [0.2, 0.25) is 5.88 Å². The van der Waals surface area contributed by atoms with Crippen molar-refractivity contribution in [3.05, 3.63) is 49.2 Å². The highest BCUT2D eigenvalue weighted by atomic mass is 16.5. The molecule has 3 aromatic heterocycles. The van der Waals surface area contributed by atoms with E-state index in [1.54, 1.807) is 12.4 Å². The van der Waals surface area contributed by atoms with Crippen molar-refractivity contribution in [3.8, 4) is 28.4 Å². The molecule has 4 aromatic rings. The predicted molar refractivity (Wildman–Crippen MR) is 137 cm³/mol. The minimum absolute atomic E-state index is 0.137. The number of nitrogens with one attached hydrogen (secondary N) is 2. The van der Waals surface area contributed by atoms with Crippen LogP contribution in [-0.2, 0) is 0 Å². The Balaban J connectivity index is 1.26. The van der Waals surface area contributed by atoms with Gasteiger partial charge in [-0.3, -0.25) is 9.97 Å². The van der Waals surface area contributed by atoms with Gasteiger partial charge in [-0.05, 0) is 50.3 Å². The number of hydrogen-bond donors (Lipinski definition) is 2. The number of aromatic amines is 1. The van der Waals surface area contributed by atoms with E-state index in [2.05, 4.69) is 45.3 Å². The lowest BCUT2D eigenvalue weighted by molar-refractivity contribution is 0.160. The molecular weight excluding hydrogens is 438 g/mol. The Kier molecular flexibility index (Phi) is 6.04. The van der Waals surface area contributed by atoms with Crippen molar-refractivity contribution in [2.45, 2.75) is 38.7 Å². The summed E-state index contributed by atoms with van der Waals surface area (Å²) in [5, 5.41) is 4.45. The van der Waals surface area contributed by atoms with Gasteiger partial charge >= 0.3 is 0 Å². The summed E-state index contributed by atoms with van der Waals surface area (Å²) in [4.78, 5) is 24.4. The smallest absolute Gasteiger partial charge is 0.233 e. The molecule has 0 spiro atoms. The van der Waals surface area contributed by atoms with Crippen LogP contribution < -0.4 is 15.0 Å². The molecule has 0 saturated carbocycles. The second-order valence-corrected chi connectivity index (χ2v) is 9.74. The summed E-state index contributed by atoms with van der Waals surface area (Å²) in [6.07, 6.45) is 14.0. The van der Waals surface area contributed by atoms with E-state index in [1.807, 2.05) is 18.6 Å². The maximum absolute atomic E-state index is 6.10. The van der Waals surface area contributed by atoms with E-state index >= 15 is 0 Å². The summed E-state index contributed by atoms with van der Waals surface area (Å²) >= 11 is 0. The predicted octanol–water partition coefficient (Wildman–Crippen LogP) is 4.45. The van der Waals surface area contributed by atoms with Gasteiger partial charge in [-0.1, -0.05) is 13.0 Å². The number of piperidine rings is 2. The summed E-state index contributed by atoms with van der Waals surface area (Å²) in [7, 11) is 0. The van der Waals surface area contributed by atoms with E-state index in [9.17, 15) is 0 Å². The van der Waals surface area contributed by atoms with Gasteiger partial charge in [0.15, 0.2) is 0 Å². The fourth-order valence-electron chi connectivity index (χ4n) is 5.15. The summed E-state index contributed by atoms with van der Waals surface area (Å²) < 4.78 is 6.10. The molecule has 0 bridgehead atoms. The second-order valence-electron chi connectivity index (χ2n) is 9.74. The first-order valence-electron chi connectivity index (χ1n) is 12.6. The zero-order chi connectivity index (χ0) is 23.6. The molecule has 180 valence electrons. The summed E-state index contributed by atoms with van der Waals surface area (Å²) in [5.41, 5.74) is 4.71. The zero-order valence-corrected chi connectivity index (χ0v) is 20.1. The molecule has 0 amide bonds. The zero-order valence-electron chi connectivity index (χ0n) is 20.1. The van der Waals surface area contributed by atoms with Gasteiger partial charge < -0.3 is 19.9 Å². The lowest BCUT2D eigenvalue weighted by Crippen LogP contribution is -2.37. The van der Waals surface area contributed by atoms with Crippen LogP contribution in [0.1, 0.15) is 32.6 Å². The first-order valence-corrected chi connectivity index (χ1v) is 12.6.